The molecule has 0 atom stereocenters. The predicted octanol–water partition coefficient (Wildman–Crippen LogP) is 3.50. The Balaban J connectivity index is 1.64. The van der Waals surface area contributed by atoms with Crippen molar-refractivity contribution in [3.63, 3.8) is 0 Å². The highest BCUT2D eigenvalue weighted by atomic mass is 32.2. The van der Waals surface area contributed by atoms with E-state index in [2.05, 4.69) is 20.8 Å². The molecule has 178 valence electrons. The van der Waals surface area contributed by atoms with Gasteiger partial charge in [0, 0.05) is 24.8 Å². The number of aryl methyl sites for hydroxylation is 1. The van der Waals surface area contributed by atoms with E-state index in [0.717, 1.165) is 23.4 Å². The van der Waals surface area contributed by atoms with Gasteiger partial charge in [0.2, 0.25) is 17.7 Å². The maximum atomic E-state index is 12.9. The topological polar surface area (TPSA) is 109 Å². The number of hydrogen-bond acceptors (Lipinski definition) is 6. The number of amides is 3. The van der Waals surface area contributed by atoms with Crippen molar-refractivity contribution in [1.29, 1.82) is 0 Å². The first kappa shape index (κ1) is 25.0. The lowest BCUT2D eigenvalue weighted by molar-refractivity contribution is -0.132. The molecule has 0 bridgehead atoms. The Morgan fingerprint density at radius 2 is 1.88 bits per heavy atom. The molecule has 0 unspecified atom stereocenters. The summed E-state index contributed by atoms with van der Waals surface area (Å²) < 4.78 is 1.75. The number of thioether (sulfide) groups is 1. The molecule has 0 aliphatic rings. The minimum absolute atomic E-state index is 0.0208. The van der Waals surface area contributed by atoms with Crippen molar-refractivity contribution >= 4 is 40.9 Å². The first-order valence-corrected chi connectivity index (χ1v) is 11.9. The van der Waals surface area contributed by atoms with Gasteiger partial charge >= 0.3 is 0 Å². The van der Waals surface area contributed by atoms with E-state index in [1.165, 1.54) is 18.7 Å². The summed E-state index contributed by atoms with van der Waals surface area (Å²) in [5.41, 5.74) is 3.11. The minimum atomic E-state index is -0.237. The number of rotatable bonds is 10. The lowest BCUT2D eigenvalue weighted by Crippen LogP contribution is -2.39. The molecule has 0 spiro atoms. The zero-order valence-electron chi connectivity index (χ0n) is 19.4. The van der Waals surface area contributed by atoms with E-state index in [4.69, 9.17) is 0 Å². The molecule has 0 aliphatic heterocycles. The number of hydrogen-bond donors (Lipinski definition) is 2. The molecule has 3 aromatic rings. The Hall–Kier alpha value is -3.66. The minimum Gasteiger partial charge on any atom is -0.333 e. The molecule has 0 saturated heterocycles. The van der Waals surface area contributed by atoms with E-state index >= 15 is 0 Å². The van der Waals surface area contributed by atoms with Crippen LogP contribution in [-0.4, -0.2) is 56.2 Å². The van der Waals surface area contributed by atoms with Crippen LogP contribution < -0.4 is 10.6 Å². The molecule has 2 aromatic carbocycles. The highest BCUT2D eigenvalue weighted by Crippen LogP contribution is 2.22. The van der Waals surface area contributed by atoms with Gasteiger partial charge in [-0.25, -0.2) is 0 Å². The van der Waals surface area contributed by atoms with Gasteiger partial charge in [-0.2, -0.15) is 0 Å². The molecule has 0 radical (unpaired) electrons. The highest BCUT2D eigenvalue weighted by molar-refractivity contribution is 7.99. The van der Waals surface area contributed by atoms with Crippen molar-refractivity contribution in [3.8, 4) is 5.69 Å². The number of para-hydroxylation sites is 1. The van der Waals surface area contributed by atoms with Crippen LogP contribution in [-0.2, 0) is 14.4 Å². The largest absolute Gasteiger partial charge is 0.333 e. The molecule has 0 fully saturated rings. The first-order valence-electron chi connectivity index (χ1n) is 10.9. The van der Waals surface area contributed by atoms with Crippen molar-refractivity contribution in [2.45, 2.75) is 32.3 Å². The van der Waals surface area contributed by atoms with Gasteiger partial charge in [-0.3, -0.25) is 19.0 Å². The summed E-state index contributed by atoms with van der Waals surface area (Å²) in [6.45, 7) is 5.79. The molecule has 1 aromatic heterocycles. The summed E-state index contributed by atoms with van der Waals surface area (Å²) in [4.78, 5) is 38.4. The van der Waals surface area contributed by atoms with Gasteiger partial charge in [-0.15, -0.1) is 10.2 Å². The fourth-order valence-corrected chi connectivity index (χ4v) is 4.12. The summed E-state index contributed by atoms with van der Waals surface area (Å²) in [6, 6.07) is 14.8. The molecule has 0 saturated carbocycles. The number of carbonyl (C=O) groups excluding carboxylic acids is 3. The zero-order chi connectivity index (χ0) is 24.5. The number of anilines is 2. The van der Waals surface area contributed by atoms with Crippen LogP contribution >= 0.6 is 11.8 Å². The average molecular weight is 481 g/mol. The lowest BCUT2D eigenvalue weighted by atomic mass is 10.2. The van der Waals surface area contributed by atoms with E-state index in [9.17, 15) is 14.4 Å². The number of benzene rings is 2. The van der Waals surface area contributed by atoms with Crippen molar-refractivity contribution in [2.75, 3.05) is 29.5 Å². The number of carbonyl (C=O) groups is 3. The van der Waals surface area contributed by atoms with Crippen LogP contribution in [0.5, 0.6) is 0 Å². The molecule has 34 heavy (non-hydrogen) atoms. The van der Waals surface area contributed by atoms with Crippen LogP contribution in [0.1, 0.15) is 25.8 Å². The Morgan fingerprint density at radius 1 is 1.09 bits per heavy atom. The zero-order valence-corrected chi connectivity index (χ0v) is 20.3. The standard InChI is InChI=1S/C24H28N6O3S/c1-4-12-29(14-22(32)27-21-11-6-5-8-17(21)2)23(33)15-34-24-28-25-16-30(24)20-10-7-9-19(13-20)26-18(3)31/h5-11,13,16H,4,12,14-15H2,1-3H3,(H,26,31)(H,27,32). The smallest absolute Gasteiger partial charge is 0.244 e. The third kappa shape index (κ3) is 6.92. The summed E-state index contributed by atoms with van der Waals surface area (Å²) >= 11 is 1.24. The van der Waals surface area contributed by atoms with Gasteiger partial charge in [-0.05, 0) is 43.2 Å². The van der Waals surface area contributed by atoms with Crippen LogP contribution in [0.15, 0.2) is 60.0 Å². The molecule has 10 heteroatoms. The van der Waals surface area contributed by atoms with Crippen LogP contribution in [0.4, 0.5) is 11.4 Å². The first-order chi connectivity index (χ1) is 16.4. The second-order valence-corrected chi connectivity index (χ2v) is 8.62. The fraction of sp³-hybridized carbons (Fsp3) is 0.292. The van der Waals surface area contributed by atoms with Gasteiger partial charge < -0.3 is 15.5 Å². The Morgan fingerprint density at radius 3 is 2.62 bits per heavy atom. The summed E-state index contributed by atoms with van der Waals surface area (Å²) in [5, 5.41) is 14.3. The van der Waals surface area contributed by atoms with E-state index in [1.807, 2.05) is 50.2 Å². The maximum absolute atomic E-state index is 12.9. The molecule has 0 aliphatic carbocycles. The number of nitrogens with one attached hydrogen (secondary N) is 2. The van der Waals surface area contributed by atoms with Gasteiger partial charge in [0.1, 0.15) is 6.33 Å². The van der Waals surface area contributed by atoms with Crippen molar-refractivity contribution < 1.29 is 14.4 Å². The summed E-state index contributed by atoms with van der Waals surface area (Å²) in [7, 11) is 0. The lowest BCUT2D eigenvalue weighted by Gasteiger charge is -2.21. The van der Waals surface area contributed by atoms with Crippen molar-refractivity contribution in [2.24, 2.45) is 0 Å². The average Bonchev–Trinajstić information content (AvgIpc) is 3.27. The molecule has 3 rings (SSSR count). The predicted molar refractivity (Wildman–Crippen MR) is 133 cm³/mol. The number of aromatic nitrogens is 3. The monoisotopic (exact) mass is 480 g/mol. The second-order valence-electron chi connectivity index (χ2n) is 7.68. The van der Waals surface area contributed by atoms with Crippen molar-refractivity contribution in [3.05, 3.63) is 60.4 Å². The Labute approximate surface area is 202 Å². The molecule has 1 heterocycles. The van der Waals surface area contributed by atoms with Crippen LogP contribution in [0.2, 0.25) is 0 Å². The van der Waals surface area contributed by atoms with Crippen molar-refractivity contribution in [1.82, 2.24) is 19.7 Å². The fourth-order valence-electron chi connectivity index (χ4n) is 3.29. The van der Waals surface area contributed by atoms with Crippen LogP contribution in [0, 0.1) is 6.92 Å². The van der Waals surface area contributed by atoms with Crippen LogP contribution in [0.25, 0.3) is 5.69 Å². The molecular weight excluding hydrogens is 452 g/mol. The van der Waals surface area contributed by atoms with Gasteiger partial charge in [0.05, 0.1) is 18.0 Å². The SMILES string of the molecule is CCCN(CC(=O)Nc1ccccc1C)C(=O)CSc1nncn1-c1cccc(NC(C)=O)c1. The maximum Gasteiger partial charge on any atom is 0.244 e. The third-order valence-electron chi connectivity index (χ3n) is 4.89. The number of nitrogens with zero attached hydrogens (tertiary/aromatic N) is 4. The summed E-state index contributed by atoms with van der Waals surface area (Å²) in [5.74, 6) is -0.446. The second kappa shape index (κ2) is 12.0. The van der Waals surface area contributed by atoms with E-state index in [0.29, 0.717) is 17.4 Å². The summed E-state index contributed by atoms with van der Waals surface area (Å²) in [6.07, 6.45) is 2.29. The van der Waals surface area contributed by atoms with E-state index < -0.39 is 0 Å². The van der Waals surface area contributed by atoms with E-state index in [1.54, 1.807) is 27.9 Å². The van der Waals surface area contributed by atoms with Gasteiger partial charge in [0.25, 0.3) is 0 Å². The molecule has 2 N–H and O–H groups in total. The van der Waals surface area contributed by atoms with Gasteiger partial charge in [-0.1, -0.05) is 43.0 Å². The normalized spacial score (nSPS) is 10.6. The quantitative estimate of drug-likeness (QED) is 0.430. The molecular formula is C24H28N6O3S. The van der Waals surface area contributed by atoms with Crippen LogP contribution in [0.3, 0.4) is 0 Å². The Bertz CT molecular complexity index is 1160. The highest BCUT2D eigenvalue weighted by Gasteiger charge is 2.19. The van der Waals surface area contributed by atoms with E-state index in [-0.39, 0.29) is 30.0 Å². The molecule has 3 amide bonds. The third-order valence-corrected chi connectivity index (χ3v) is 5.81. The van der Waals surface area contributed by atoms with Gasteiger partial charge in [0.15, 0.2) is 5.16 Å². The Kier molecular flexibility index (Phi) is 8.80. The molecule has 9 nitrogen and oxygen atoms in total.